The Balaban J connectivity index is 2.02. The molecule has 0 bridgehead atoms. The van der Waals surface area contributed by atoms with Crippen LogP contribution < -0.4 is 10.5 Å². The van der Waals surface area contributed by atoms with Crippen LogP contribution in [-0.2, 0) is 11.4 Å². The molecular formula is C17H20N2O2. The number of benzene rings is 2. The minimum atomic E-state index is 0.423. The molecule has 0 atom stereocenters. The average molecular weight is 284 g/mol. The van der Waals surface area contributed by atoms with E-state index in [1.807, 2.05) is 56.3 Å². The maximum absolute atomic E-state index is 5.64. The summed E-state index contributed by atoms with van der Waals surface area (Å²) in [5.41, 5.74) is 10.4. The van der Waals surface area contributed by atoms with Gasteiger partial charge in [0.05, 0.1) is 12.8 Å². The lowest BCUT2D eigenvalue weighted by atomic mass is 10.1. The highest BCUT2D eigenvalue weighted by molar-refractivity contribution is 5.99. The number of hydrogen-bond donors (Lipinski definition) is 1. The van der Waals surface area contributed by atoms with Crippen molar-refractivity contribution >= 4 is 11.4 Å². The lowest BCUT2D eigenvalue weighted by Crippen LogP contribution is -2.00. The summed E-state index contributed by atoms with van der Waals surface area (Å²) in [5, 5.41) is 4.17. The van der Waals surface area contributed by atoms with Gasteiger partial charge in [-0.25, -0.2) is 0 Å². The highest BCUT2D eigenvalue weighted by Crippen LogP contribution is 2.17. The molecule has 0 saturated heterocycles. The lowest BCUT2D eigenvalue weighted by molar-refractivity contribution is 0.130. The van der Waals surface area contributed by atoms with E-state index in [1.54, 1.807) is 7.11 Å². The molecule has 2 N–H and O–H groups in total. The molecule has 4 nitrogen and oxygen atoms in total. The van der Waals surface area contributed by atoms with Crippen LogP contribution in [0.1, 0.15) is 23.6 Å². The molecule has 0 amide bonds. The van der Waals surface area contributed by atoms with E-state index < -0.39 is 0 Å². The van der Waals surface area contributed by atoms with Gasteiger partial charge < -0.3 is 15.3 Å². The van der Waals surface area contributed by atoms with Gasteiger partial charge in [-0.05, 0) is 55.3 Å². The molecule has 2 rings (SSSR count). The quantitative estimate of drug-likeness (QED) is 0.519. The molecule has 0 aromatic heterocycles. The summed E-state index contributed by atoms with van der Waals surface area (Å²) in [4.78, 5) is 5.40. The first-order chi connectivity index (χ1) is 10.1. The predicted molar refractivity (Wildman–Crippen MR) is 85.6 cm³/mol. The van der Waals surface area contributed by atoms with E-state index in [1.165, 1.54) is 0 Å². The molecule has 2 aromatic rings. The average Bonchev–Trinajstić information content (AvgIpc) is 2.49. The van der Waals surface area contributed by atoms with Crippen LogP contribution in [-0.4, -0.2) is 12.8 Å². The van der Waals surface area contributed by atoms with E-state index in [0.717, 1.165) is 33.8 Å². The maximum atomic E-state index is 5.64. The van der Waals surface area contributed by atoms with Crippen molar-refractivity contribution in [3.63, 3.8) is 0 Å². The Morgan fingerprint density at radius 1 is 1.14 bits per heavy atom. The van der Waals surface area contributed by atoms with Crippen molar-refractivity contribution in [2.45, 2.75) is 20.5 Å². The van der Waals surface area contributed by atoms with Gasteiger partial charge in [-0.1, -0.05) is 17.3 Å². The number of oxime groups is 1. The van der Waals surface area contributed by atoms with Crippen LogP contribution in [0.2, 0.25) is 0 Å². The van der Waals surface area contributed by atoms with Crippen LogP contribution in [0.15, 0.2) is 47.6 Å². The third-order valence-electron chi connectivity index (χ3n) is 3.24. The molecule has 2 aromatic carbocycles. The molecule has 0 aliphatic heterocycles. The third-order valence-corrected chi connectivity index (χ3v) is 3.24. The van der Waals surface area contributed by atoms with Crippen LogP contribution in [0.3, 0.4) is 0 Å². The number of anilines is 1. The first-order valence-corrected chi connectivity index (χ1v) is 6.76. The predicted octanol–water partition coefficient (Wildman–Crippen LogP) is 3.53. The molecule has 0 aliphatic rings. The highest BCUT2D eigenvalue weighted by atomic mass is 16.6. The minimum Gasteiger partial charge on any atom is -0.497 e. The Kier molecular flexibility index (Phi) is 4.82. The summed E-state index contributed by atoms with van der Waals surface area (Å²) in [6.07, 6.45) is 0. The zero-order chi connectivity index (χ0) is 15.2. The Labute approximate surface area is 125 Å². The van der Waals surface area contributed by atoms with E-state index >= 15 is 0 Å². The van der Waals surface area contributed by atoms with Gasteiger partial charge in [-0.3, -0.25) is 0 Å². The first kappa shape index (κ1) is 14.9. The second-order valence-corrected chi connectivity index (χ2v) is 4.87. The smallest absolute Gasteiger partial charge is 0.142 e. The second-order valence-electron chi connectivity index (χ2n) is 4.87. The minimum absolute atomic E-state index is 0.423. The summed E-state index contributed by atoms with van der Waals surface area (Å²) in [6.45, 7) is 4.38. The Morgan fingerprint density at radius 2 is 1.86 bits per heavy atom. The Bertz CT molecular complexity index is 634. The monoisotopic (exact) mass is 284 g/mol. The molecule has 0 radical (unpaired) electrons. The van der Waals surface area contributed by atoms with Crippen LogP contribution in [0.5, 0.6) is 5.75 Å². The number of ether oxygens (including phenoxy) is 1. The number of nitrogen functional groups attached to an aromatic ring is 1. The van der Waals surface area contributed by atoms with Gasteiger partial charge >= 0.3 is 0 Å². The van der Waals surface area contributed by atoms with Crippen LogP contribution >= 0.6 is 0 Å². The lowest BCUT2D eigenvalue weighted by Gasteiger charge is -2.08. The zero-order valence-electron chi connectivity index (χ0n) is 12.6. The molecule has 110 valence electrons. The fourth-order valence-corrected chi connectivity index (χ4v) is 2.04. The van der Waals surface area contributed by atoms with Crippen LogP contribution in [0, 0.1) is 6.92 Å². The van der Waals surface area contributed by atoms with Crippen LogP contribution in [0.4, 0.5) is 5.69 Å². The van der Waals surface area contributed by atoms with Gasteiger partial charge in [0.15, 0.2) is 0 Å². The van der Waals surface area contributed by atoms with E-state index in [4.69, 9.17) is 15.3 Å². The zero-order valence-corrected chi connectivity index (χ0v) is 12.6. The number of nitrogens with two attached hydrogens (primary N) is 1. The van der Waals surface area contributed by atoms with Crippen LogP contribution in [0.25, 0.3) is 0 Å². The maximum Gasteiger partial charge on any atom is 0.142 e. The fourth-order valence-electron chi connectivity index (χ4n) is 2.04. The number of nitrogens with zero attached hydrogens (tertiary/aromatic N) is 1. The number of aryl methyl sites for hydroxylation is 1. The summed E-state index contributed by atoms with van der Waals surface area (Å²) in [7, 11) is 1.66. The summed E-state index contributed by atoms with van der Waals surface area (Å²) in [6, 6.07) is 13.4. The summed E-state index contributed by atoms with van der Waals surface area (Å²) < 4.78 is 5.20. The largest absolute Gasteiger partial charge is 0.497 e. The van der Waals surface area contributed by atoms with Crippen molar-refractivity contribution < 1.29 is 9.57 Å². The Morgan fingerprint density at radius 3 is 2.48 bits per heavy atom. The van der Waals surface area contributed by atoms with Gasteiger partial charge in [0.25, 0.3) is 0 Å². The third kappa shape index (κ3) is 3.99. The van der Waals surface area contributed by atoms with E-state index in [0.29, 0.717) is 6.61 Å². The SMILES string of the molecule is COc1ccc(/C(C)=N/OCc2ccc(N)cc2)c(C)c1. The molecule has 0 fully saturated rings. The Hall–Kier alpha value is -2.49. The van der Waals surface area contributed by atoms with Gasteiger partial charge in [0.1, 0.15) is 12.4 Å². The van der Waals surface area contributed by atoms with Crippen molar-refractivity contribution in [1.29, 1.82) is 0 Å². The van der Waals surface area contributed by atoms with Gasteiger partial charge in [0, 0.05) is 11.3 Å². The summed E-state index contributed by atoms with van der Waals surface area (Å²) >= 11 is 0. The second kappa shape index (κ2) is 6.79. The van der Waals surface area contributed by atoms with Crippen molar-refractivity contribution in [3.05, 3.63) is 59.2 Å². The number of methoxy groups -OCH3 is 1. The molecular weight excluding hydrogens is 264 g/mol. The number of rotatable bonds is 5. The van der Waals surface area contributed by atoms with Crippen molar-refractivity contribution in [1.82, 2.24) is 0 Å². The molecule has 21 heavy (non-hydrogen) atoms. The van der Waals surface area contributed by atoms with Crippen molar-refractivity contribution in [3.8, 4) is 5.75 Å². The number of hydrogen-bond acceptors (Lipinski definition) is 4. The topological polar surface area (TPSA) is 56.8 Å². The van der Waals surface area contributed by atoms with E-state index in [-0.39, 0.29) is 0 Å². The van der Waals surface area contributed by atoms with Gasteiger partial charge in [-0.15, -0.1) is 0 Å². The van der Waals surface area contributed by atoms with Crippen molar-refractivity contribution in [2.24, 2.45) is 5.16 Å². The molecule has 0 saturated carbocycles. The van der Waals surface area contributed by atoms with Gasteiger partial charge in [-0.2, -0.15) is 0 Å². The molecule has 0 unspecified atom stereocenters. The molecule has 4 heteroatoms. The normalized spacial score (nSPS) is 11.3. The van der Waals surface area contributed by atoms with Gasteiger partial charge in [0.2, 0.25) is 0 Å². The summed E-state index contributed by atoms with van der Waals surface area (Å²) in [5.74, 6) is 0.840. The molecule has 0 aliphatic carbocycles. The first-order valence-electron chi connectivity index (χ1n) is 6.76. The molecule has 0 heterocycles. The standard InChI is InChI=1S/C17H20N2O2/c1-12-10-16(20-3)8-9-17(12)13(2)19-21-11-14-4-6-15(18)7-5-14/h4-10H,11,18H2,1-3H3/b19-13+. The fraction of sp³-hybridized carbons (Fsp3) is 0.235. The highest BCUT2D eigenvalue weighted by Gasteiger charge is 2.04. The van der Waals surface area contributed by atoms with E-state index in [2.05, 4.69) is 5.16 Å². The van der Waals surface area contributed by atoms with E-state index in [9.17, 15) is 0 Å². The molecule has 0 spiro atoms. The van der Waals surface area contributed by atoms with Crippen molar-refractivity contribution in [2.75, 3.05) is 12.8 Å².